The molecular formula is C28H28F4N6O6. The zero-order chi connectivity index (χ0) is 32.1. The number of rotatable bonds is 5. The molecule has 6 N–H and O–H groups in total. The number of aliphatic hydroxyl groups is 1. The Balaban J connectivity index is 1.71. The summed E-state index contributed by atoms with van der Waals surface area (Å²) in [6, 6.07) is -1.77. The maximum absolute atomic E-state index is 14.6. The number of aliphatic hydroxyl groups excluding tert-OH is 1. The van der Waals surface area contributed by atoms with Gasteiger partial charge in [-0.2, -0.15) is 18.2 Å². The minimum absolute atomic E-state index is 0.00792. The van der Waals surface area contributed by atoms with Gasteiger partial charge in [0.2, 0.25) is 29.5 Å². The van der Waals surface area contributed by atoms with Gasteiger partial charge in [-0.3, -0.25) is 19.2 Å². The lowest BCUT2D eigenvalue weighted by atomic mass is 9.90. The summed E-state index contributed by atoms with van der Waals surface area (Å²) in [6.45, 7) is 0.00792. The standard InChI is InChI=1S/C28H28F4N6O6/c1-2-13-22(40)16(11-14-18(29)19(30)24(32)38-23(14)31)36-26(42)15(35-28(44)21-17(39)6-4-9-33-21)5-3-10-34-27(43)20(12-7-8-12)37-25(13)41/h1,4,6,9,12-13,15-16,20,22,39-40H,3,5,7-8,10-11H2,(H,34,43)(H,35,44)(H,36,42)(H,37,41)/t13-,15+,16+,20?,22+/m1/s1. The maximum Gasteiger partial charge on any atom is 0.274 e. The highest BCUT2D eigenvalue weighted by molar-refractivity contribution is 5.98. The summed E-state index contributed by atoms with van der Waals surface area (Å²) < 4.78 is 56.6. The van der Waals surface area contributed by atoms with Crippen LogP contribution in [0, 0.1) is 47.7 Å². The van der Waals surface area contributed by atoms with Gasteiger partial charge < -0.3 is 31.5 Å². The van der Waals surface area contributed by atoms with Crippen molar-refractivity contribution in [1.82, 2.24) is 31.2 Å². The maximum atomic E-state index is 14.6. The zero-order valence-electron chi connectivity index (χ0n) is 22.9. The molecule has 2 fully saturated rings. The first-order chi connectivity index (χ1) is 20.9. The molecule has 0 spiro atoms. The van der Waals surface area contributed by atoms with Gasteiger partial charge >= 0.3 is 0 Å². The van der Waals surface area contributed by atoms with E-state index in [1.54, 1.807) is 0 Å². The Morgan fingerprint density at radius 1 is 1.05 bits per heavy atom. The van der Waals surface area contributed by atoms with E-state index in [0.29, 0.717) is 12.8 Å². The molecule has 1 saturated heterocycles. The molecule has 16 heteroatoms. The van der Waals surface area contributed by atoms with Crippen LogP contribution >= 0.6 is 0 Å². The molecule has 0 aromatic carbocycles. The average molecular weight is 621 g/mol. The summed E-state index contributed by atoms with van der Waals surface area (Å²) in [6.07, 6.45) is 4.77. The van der Waals surface area contributed by atoms with E-state index in [1.807, 2.05) is 5.92 Å². The predicted molar refractivity (Wildman–Crippen MR) is 142 cm³/mol. The molecule has 2 aliphatic rings. The number of aromatic nitrogens is 2. The number of aromatic hydroxyl groups is 1. The Morgan fingerprint density at radius 3 is 2.43 bits per heavy atom. The first kappa shape index (κ1) is 32.1. The largest absolute Gasteiger partial charge is 0.505 e. The summed E-state index contributed by atoms with van der Waals surface area (Å²) in [5.74, 6) is -12.0. The van der Waals surface area contributed by atoms with Gasteiger partial charge in [-0.05, 0) is 43.7 Å². The lowest BCUT2D eigenvalue weighted by Gasteiger charge is -2.31. The van der Waals surface area contributed by atoms with E-state index < -0.39 is 101 Å². The molecular weight excluding hydrogens is 592 g/mol. The van der Waals surface area contributed by atoms with Gasteiger partial charge in [0.1, 0.15) is 23.8 Å². The van der Waals surface area contributed by atoms with Crippen molar-refractivity contribution < 1.29 is 47.0 Å². The third kappa shape index (κ3) is 7.22. The van der Waals surface area contributed by atoms with Crippen molar-refractivity contribution in [2.75, 3.05) is 6.54 Å². The fraction of sp³-hybridized carbons (Fsp3) is 0.429. The second kappa shape index (κ2) is 13.7. The van der Waals surface area contributed by atoms with Crippen LogP contribution in [0.5, 0.6) is 5.75 Å². The van der Waals surface area contributed by atoms with Gasteiger partial charge in [0.05, 0.1) is 12.1 Å². The number of carbonyl (C=O) groups excluding carboxylic acids is 4. The fourth-order valence-corrected chi connectivity index (χ4v) is 4.78. The number of nitrogens with zero attached hydrogens (tertiary/aromatic N) is 2. The number of terminal acetylenes is 1. The van der Waals surface area contributed by atoms with E-state index in [-0.39, 0.29) is 25.3 Å². The lowest BCUT2D eigenvalue weighted by Crippen LogP contribution is -2.58. The first-order valence-corrected chi connectivity index (χ1v) is 13.6. The zero-order valence-corrected chi connectivity index (χ0v) is 22.9. The number of nitrogens with one attached hydrogen (secondary N) is 4. The molecule has 44 heavy (non-hydrogen) atoms. The van der Waals surface area contributed by atoms with Crippen LogP contribution in [0.3, 0.4) is 0 Å². The second-order valence-electron chi connectivity index (χ2n) is 10.4. The molecule has 12 nitrogen and oxygen atoms in total. The van der Waals surface area contributed by atoms with E-state index in [9.17, 15) is 47.0 Å². The Bertz CT molecular complexity index is 1500. The van der Waals surface area contributed by atoms with Crippen molar-refractivity contribution >= 4 is 23.6 Å². The number of pyridine rings is 2. The molecule has 0 bridgehead atoms. The van der Waals surface area contributed by atoms with E-state index in [2.05, 4.69) is 31.2 Å². The van der Waals surface area contributed by atoms with Crippen LogP contribution in [0.1, 0.15) is 41.7 Å². The van der Waals surface area contributed by atoms with Crippen molar-refractivity contribution in [2.24, 2.45) is 11.8 Å². The van der Waals surface area contributed by atoms with Crippen LogP contribution in [0.2, 0.25) is 0 Å². The number of amides is 4. The monoisotopic (exact) mass is 620 g/mol. The lowest BCUT2D eigenvalue weighted by molar-refractivity contribution is -0.133. The Hall–Kier alpha value is -4.78. The van der Waals surface area contributed by atoms with Gasteiger partial charge in [0.25, 0.3) is 11.9 Å². The van der Waals surface area contributed by atoms with Gasteiger partial charge in [0.15, 0.2) is 11.5 Å². The molecule has 1 saturated carbocycles. The molecule has 4 amide bonds. The summed E-state index contributed by atoms with van der Waals surface area (Å²) in [5, 5.41) is 31.0. The summed E-state index contributed by atoms with van der Waals surface area (Å²) in [7, 11) is 0. The molecule has 1 aliphatic carbocycles. The topological polar surface area (TPSA) is 183 Å². The summed E-state index contributed by atoms with van der Waals surface area (Å²) in [4.78, 5) is 58.8. The number of hydrogen-bond acceptors (Lipinski definition) is 8. The minimum atomic E-state index is -2.12. The molecule has 4 rings (SSSR count). The average Bonchev–Trinajstić information content (AvgIpc) is 3.83. The Labute approximate surface area is 248 Å². The van der Waals surface area contributed by atoms with Crippen LogP contribution in [0.25, 0.3) is 0 Å². The van der Waals surface area contributed by atoms with E-state index in [0.717, 1.165) is 0 Å². The minimum Gasteiger partial charge on any atom is -0.505 e. The first-order valence-electron chi connectivity index (χ1n) is 13.6. The predicted octanol–water partition coefficient (Wildman–Crippen LogP) is -0.0204. The van der Waals surface area contributed by atoms with E-state index in [4.69, 9.17) is 6.42 Å². The van der Waals surface area contributed by atoms with Crippen molar-refractivity contribution in [3.63, 3.8) is 0 Å². The molecule has 5 atom stereocenters. The molecule has 2 aromatic rings. The van der Waals surface area contributed by atoms with E-state index in [1.165, 1.54) is 18.3 Å². The van der Waals surface area contributed by atoms with Gasteiger partial charge in [-0.25, -0.2) is 9.37 Å². The van der Waals surface area contributed by atoms with Crippen LogP contribution in [0.15, 0.2) is 18.3 Å². The Morgan fingerprint density at radius 2 is 1.77 bits per heavy atom. The van der Waals surface area contributed by atoms with Crippen molar-refractivity contribution in [1.29, 1.82) is 0 Å². The van der Waals surface area contributed by atoms with Gasteiger partial charge in [0, 0.05) is 24.7 Å². The highest BCUT2D eigenvalue weighted by Crippen LogP contribution is 2.33. The number of carbonyl (C=O) groups is 4. The SMILES string of the molecule is C#C[C@H]1C(=O)NC(C2CC2)C(=O)NCCC[C@H](NC(=O)c2ncccc2O)C(=O)N[C@@H](Cc2c(F)nc(F)c(F)c2F)[C@H]1O. The van der Waals surface area contributed by atoms with Gasteiger partial charge in [-0.15, -0.1) is 6.42 Å². The highest BCUT2D eigenvalue weighted by atomic mass is 19.2. The van der Waals surface area contributed by atoms with Crippen LogP contribution in [-0.4, -0.2) is 74.6 Å². The normalized spacial score (nSPS) is 25.1. The van der Waals surface area contributed by atoms with Crippen LogP contribution in [-0.2, 0) is 20.8 Å². The van der Waals surface area contributed by atoms with Crippen molar-refractivity contribution in [3.05, 3.63) is 53.1 Å². The number of halogens is 4. The third-order valence-corrected chi connectivity index (χ3v) is 7.32. The molecule has 2 aromatic heterocycles. The highest BCUT2D eigenvalue weighted by Gasteiger charge is 2.41. The second-order valence-corrected chi connectivity index (χ2v) is 10.4. The smallest absolute Gasteiger partial charge is 0.274 e. The van der Waals surface area contributed by atoms with Crippen LogP contribution < -0.4 is 21.3 Å². The van der Waals surface area contributed by atoms with E-state index >= 15 is 0 Å². The third-order valence-electron chi connectivity index (χ3n) is 7.32. The molecule has 3 heterocycles. The van der Waals surface area contributed by atoms with Crippen molar-refractivity contribution in [2.45, 2.75) is 56.3 Å². The number of hydrogen-bond donors (Lipinski definition) is 6. The quantitative estimate of drug-likeness (QED) is 0.153. The molecule has 1 aliphatic heterocycles. The van der Waals surface area contributed by atoms with Gasteiger partial charge in [-0.1, -0.05) is 5.92 Å². The summed E-state index contributed by atoms with van der Waals surface area (Å²) >= 11 is 0. The fourth-order valence-electron chi connectivity index (χ4n) is 4.78. The Kier molecular flexibility index (Phi) is 9.99. The molecule has 1 unspecified atom stereocenters. The molecule has 234 valence electrons. The summed E-state index contributed by atoms with van der Waals surface area (Å²) in [5.41, 5.74) is -1.60. The van der Waals surface area contributed by atoms with Crippen molar-refractivity contribution in [3.8, 4) is 18.1 Å². The van der Waals surface area contributed by atoms with Crippen LogP contribution in [0.4, 0.5) is 17.6 Å². The molecule has 0 radical (unpaired) electrons.